The Hall–Kier alpha value is -1.66. The summed E-state index contributed by atoms with van der Waals surface area (Å²) in [5, 5.41) is 2.88. The molecule has 2 rings (SSSR count). The number of carbonyl (C=O) groups is 1. The summed E-state index contributed by atoms with van der Waals surface area (Å²) in [5.74, 6) is 2.11. The monoisotopic (exact) mass is 344 g/mol. The number of nitrogens with one attached hydrogen (secondary N) is 1. The van der Waals surface area contributed by atoms with Crippen LogP contribution in [0.5, 0.6) is 17.2 Å². The zero-order chi connectivity index (χ0) is 16.1. The van der Waals surface area contributed by atoms with E-state index in [0.717, 1.165) is 5.56 Å². The van der Waals surface area contributed by atoms with Gasteiger partial charge in [0.2, 0.25) is 11.7 Å². The quantitative estimate of drug-likeness (QED) is 0.747. The molecule has 1 atom stereocenters. The first-order valence-electron chi connectivity index (χ1n) is 7.40. The number of hydrogen-bond donors (Lipinski definition) is 2. The van der Waals surface area contributed by atoms with Gasteiger partial charge in [-0.05, 0) is 36.5 Å². The largest absolute Gasteiger partial charge is 0.493 e. The van der Waals surface area contributed by atoms with Crippen LogP contribution in [-0.4, -0.2) is 39.8 Å². The van der Waals surface area contributed by atoms with Gasteiger partial charge in [0, 0.05) is 12.6 Å². The number of rotatable bonds is 8. The van der Waals surface area contributed by atoms with E-state index in [9.17, 15) is 4.79 Å². The molecule has 1 amide bonds. The fourth-order valence-electron chi connectivity index (χ4n) is 2.41. The van der Waals surface area contributed by atoms with E-state index in [1.54, 1.807) is 33.5 Å². The molecule has 0 radical (unpaired) electrons. The van der Waals surface area contributed by atoms with E-state index in [1.807, 2.05) is 0 Å². The molecule has 0 aromatic heterocycles. The molecule has 6 nitrogen and oxygen atoms in total. The van der Waals surface area contributed by atoms with Gasteiger partial charge in [0.15, 0.2) is 11.5 Å². The number of ether oxygens (including phenoxy) is 3. The van der Waals surface area contributed by atoms with Gasteiger partial charge >= 0.3 is 0 Å². The number of carbonyl (C=O) groups excluding carboxylic acids is 1. The number of benzene rings is 1. The minimum Gasteiger partial charge on any atom is -0.493 e. The topological polar surface area (TPSA) is 82.8 Å². The fourth-order valence-corrected chi connectivity index (χ4v) is 2.41. The molecule has 0 spiro atoms. The summed E-state index contributed by atoms with van der Waals surface area (Å²) in [7, 11) is 4.65. The van der Waals surface area contributed by atoms with Gasteiger partial charge < -0.3 is 25.3 Å². The summed E-state index contributed by atoms with van der Waals surface area (Å²) in [6.45, 7) is 0.522. The third-order valence-electron chi connectivity index (χ3n) is 3.85. The summed E-state index contributed by atoms with van der Waals surface area (Å²) in [5.41, 5.74) is 6.78. The molecule has 0 heterocycles. The van der Waals surface area contributed by atoms with E-state index >= 15 is 0 Å². The van der Waals surface area contributed by atoms with E-state index in [-0.39, 0.29) is 30.8 Å². The molecule has 130 valence electrons. The van der Waals surface area contributed by atoms with Gasteiger partial charge in [-0.3, -0.25) is 4.79 Å². The van der Waals surface area contributed by atoms with Crippen molar-refractivity contribution in [1.29, 1.82) is 0 Å². The van der Waals surface area contributed by atoms with Gasteiger partial charge in [-0.1, -0.05) is 0 Å². The van der Waals surface area contributed by atoms with Crippen LogP contribution in [0.1, 0.15) is 18.4 Å². The summed E-state index contributed by atoms with van der Waals surface area (Å²) < 4.78 is 15.8. The second-order valence-corrected chi connectivity index (χ2v) is 5.52. The highest BCUT2D eigenvalue weighted by Crippen LogP contribution is 2.38. The fraction of sp³-hybridized carbons (Fsp3) is 0.562. The number of hydrogen-bond acceptors (Lipinski definition) is 5. The summed E-state index contributed by atoms with van der Waals surface area (Å²) in [6, 6.07) is 3.62. The van der Waals surface area contributed by atoms with Gasteiger partial charge in [0.05, 0.1) is 27.8 Å². The standard InChI is InChI=1S/C16H24N2O4.ClH/c1-20-13-6-10(7-14(21-2)16(13)22-3)8-15(19)18-9-12(17)11-4-5-11;/h6-7,11-12H,4-5,8-9,17H2,1-3H3,(H,18,19);1H. The van der Waals surface area contributed by atoms with E-state index in [1.165, 1.54) is 12.8 Å². The van der Waals surface area contributed by atoms with Gasteiger partial charge in [-0.25, -0.2) is 0 Å². The predicted molar refractivity (Wildman–Crippen MR) is 90.8 cm³/mol. The molecule has 1 aromatic rings. The van der Waals surface area contributed by atoms with E-state index < -0.39 is 0 Å². The Balaban J connectivity index is 0.00000264. The van der Waals surface area contributed by atoms with Crippen molar-refractivity contribution in [2.45, 2.75) is 25.3 Å². The zero-order valence-electron chi connectivity index (χ0n) is 13.8. The molecule has 0 aliphatic heterocycles. The smallest absolute Gasteiger partial charge is 0.224 e. The second kappa shape index (κ2) is 8.84. The van der Waals surface area contributed by atoms with Crippen LogP contribution in [0.25, 0.3) is 0 Å². The van der Waals surface area contributed by atoms with Crippen molar-refractivity contribution < 1.29 is 19.0 Å². The Morgan fingerprint density at radius 3 is 2.22 bits per heavy atom. The van der Waals surface area contributed by atoms with Crippen LogP contribution in [0, 0.1) is 5.92 Å². The molecule has 1 fully saturated rings. The van der Waals surface area contributed by atoms with Crippen LogP contribution in [0.4, 0.5) is 0 Å². The number of nitrogens with two attached hydrogens (primary N) is 1. The van der Waals surface area contributed by atoms with Crippen molar-refractivity contribution in [1.82, 2.24) is 5.32 Å². The SMILES string of the molecule is COc1cc(CC(=O)NCC(N)C2CC2)cc(OC)c1OC.Cl. The lowest BCUT2D eigenvalue weighted by molar-refractivity contribution is -0.120. The maximum Gasteiger partial charge on any atom is 0.224 e. The highest BCUT2D eigenvalue weighted by Gasteiger charge is 2.28. The molecular formula is C16H25ClN2O4. The van der Waals surface area contributed by atoms with Crippen LogP contribution in [0.3, 0.4) is 0 Å². The third kappa shape index (κ3) is 5.18. The lowest BCUT2D eigenvalue weighted by Gasteiger charge is -2.15. The van der Waals surface area contributed by atoms with Gasteiger partial charge in [0.1, 0.15) is 0 Å². The maximum atomic E-state index is 12.0. The minimum absolute atomic E-state index is 0. The normalized spacial score (nSPS) is 14.4. The molecule has 1 saturated carbocycles. The van der Waals surface area contributed by atoms with Crippen LogP contribution in [0.2, 0.25) is 0 Å². The number of halogens is 1. The van der Waals surface area contributed by atoms with Crippen LogP contribution >= 0.6 is 12.4 Å². The van der Waals surface area contributed by atoms with Crippen molar-refractivity contribution in [3.8, 4) is 17.2 Å². The molecular weight excluding hydrogens is 320 g/mol. The van der Waals surface area contributed by atoms with Crippen LogP contribution in [-0.2, 0) is 11.2 Å². The van der Waals surface area contributed by atoms with Crippen molar-refractivity contribution >= 4 is 18.3 Å². The first-order chi connectivity index (χ1) is 10.6. The van der Waals surface area contributed by atoms with Crippen molar-refractivity contribution in [3.05, 3.63) is 17.7 Å². The Kier molecular flexibility index (Phi) is 7.45. The first kappa shape index (κ1) is 19.4. The Morgan fingerprint density at radius 1 is 1.22 bits per heavy atom. The van der Waals surface area contributed by atoms with E-state index in [0.29, 0.717) is 29.7 Å². The third-order valence-corrected chi connectivity index (χ3v) is 3.85. The van der Waals surface area contributed by atoms with Gasteiger partial charge in [-0.15, -0.1) is 12.4 Å². The molecule has 1 unspecified atom stereocenters. The average Bonchev–Trinajstić information content (AvgIpc) is 3.36. The van der Waals surface area contributed by atoms with Gasteiger partial charge in [0.25, 0.3) is 0 Å². The lowest BCUT2D eigenvalue weighted by Crippen LogP contribution is -2.39. The molecule has 1 aliphatic carbocycles. The lowest BCUT2D eigenvalue weighted by atomic mass is 10.1. The zero-order valence-corrected chi connectivity index (χ0v) is 14.6. The number of methoxy groups -OCH3 is 3. The molecule has 7 heteroatoms. The highest BCUT2D eigenvalue weighted by atomic mass is 35.5. The summed E-state index contributed by atoms with van der Waals surface area (Å²) in [6.07, 6.45) is 2.59. The van der Waals surface area contributed by atoms with Crippen LogP contribution < -0.4 is 25.3 Å². The molecule has 0 saturated heterocycles. The van der Waals surface area contributed by atoms with Crippen molar-refractivity contribution in [2.24, 2.45) is 11.7 Å². The first-order valence-corrected chi connectivity index (χ1v) is 7.40. The molecule has 3 N–H and O–H groups in total. The van der Waals surface area contributed by atoms with Gasteiger partial charge in [-0.2, -0.15) is 0 Å². The van der Waals surface area contributed by atoms with Crippen molar-refractivity contribution in [2.75, 3.05) is 27.9 Å². The molecule has 1 aromatic carbocycles. The van der Waals surface area contributed by atoms with Crippen molar-refractivity contribution in [3.63, 3.8) is 0 Å². The Labute approximate surface area is 143 Å². The molecule has 23 heavy (non-hydrogen) atoms. The Morgan fingerprint density at radius 2 is 1.78 bits per heavy atom. The van der Waals surface area contributed by atoms with Crippen LogP contribution in [0.15, 0.2) is 12.1 Å². The second-order valence-electron chi connectivity index (χ2n) is 5.52. The number of amides is 1. The minimum atomic E-state index is -0.0645. The molecule has 1 aliphatic rings. The Bertz CT molecular complexity index is 510. The summed E-state index contributed by atoms with van der Waals surface area (Å²) in [4.78, 5) is 12.0. The highest BCUT2D eigenvalue weighted by molar-refractivity contribution is 5.85. The maximum absolute atomic E-state index is 12.0. The molecule has 0 bridgehead atoms. The average molecular weight is 345 g/mol. The van der Waals surface area contributed by atoms with E-state index in [4.69, 9.17) is 19.9 Å². The van der Waals surface area contributed by atoms with E-state index in [2.05, 4.69) is 5.32 Å². The predicted octanol–water partition coefficient (Wildman–Crippen LogP) is 1.53. The summed E-state index contributed by atoms with van der Waals surface area (Å²) >= 11 is 0.